The Morgan fingerprint density at radius 3 is 2.16 bits per heavy atom. The third-order valence-corrected chi connectivity index (χ3v) is 7.38. The largest absolute Gasteiger partial charge is 0.508 e. The normalized spacial score (nSPS) is 31.1. The molecule has 2 saturated carbocycles. The van der Waals surface area contributed by atoms with Gasteiger partial charge in [0, 0.05) is 6.61 Å². The highest BCUT2D eigenvalue weighted by Crippen LogP contribution is 2.63. The molecule has 3 aliphatic carbocycles. The lowest BCUT2D eigenvalue weighted by molar-refractivity contribution is 0.0209. The van der Waals surface area contributed by atoms with Crippen LogP contribution in [-0.2, 0) is 26.7 Å². The van der Waals surface area contributed by atoms with Gasteiger partial charge in [-0.1, -0.05) is 13.0 Å². The Bertz CT molecular complexity index is 943. The van der Waals surface area contributed by atoms with Gasteiger partial charge in [0.15, 0.2) is 0 Å². The molecule has 4 rings (SSSR count). The van der Waals surface area contributed by atoms with Crippen molar-refractivity contribution in [2.45, 2.75) is 57.8 Å². The second kappa shape index (κ2) is 10.4. The molecule has 0 unspecified atom stereocenters. The Hall–Kier alpha value is -1.20. The molecule has 0 heterocycles. The van der Waals surface area contributed by atoms with E-state index < -0.39 is 20.2 Å². The summed E-state index contributed by atoms with van der Waals surface area (Å²) >= 11 is 0. The van der Waals surface area contributed by atoms with Crippen LogP contribution in [-0.4, -0.2) is 55.3 Å². The summed E-state index contributed by atoms with van der Waals surface area (Å²) in [6.45, 7) is 2.86. The van der Waals surface area contributed by atoms with E-state index in [9.17, 15) is 27.0 Å². The first-order valence-electron chi connectivity index (χ1n) is 10.9. The molecule has 0 amide bonds. The average Bonchev–Trinajstić information content (AvgIpc) is 2.95. The molecular weight excluding hydrogens is 456 g/mol. The number of aliphatic hydroxyl groups is 1. The minimum absolute atomic E-state index is 0.350. The Morgan fingerprint density at radius 2 is 1.59 bits per heavy atom. The third-order valence-electron chi connectivity index (χ3n) is 7.38. The van der Waals surface area contributed by atoms with Crippen LogP contribution in [0.25, 0.3) is 0 Å². The number of phenolic OH excluding ortho intramolecular Hbond substituents is 1. The van der Waals surface area contributed by atoms with Crippen molar-refractivity contribution in [3.63, 3.8) is 0 Å². The molecule has 0 saturated heterocycles. The lowest BCUT2D eigenvalue weighted by atomic mass is 9.54. The van der Waals surface area contributed by atoms with E-state index in [1.165, 1.54) is 43.2 Å². The fraction of sp³-hybridized carbons (Fsp3) is 0.727. The van der Waals surface area contributed by atoms with Gasteiger partial charge in [-0.3, -0.25) is 9.11 Å². The van der Waals surface area contributed by atoms with Crippen molar-refractivity contribution in [1.29, 1.82) is 0 Å². The lowest BCUT2D eigenvalue weighted by Gasteiger charge is -2.51. The highest BCUT2D eigenvalue weighted by Gasteiger charge is 2.54. The van der Waals surface area contributed by atoms with Gasteiger partial charge in [-0.25, -0.2) is 0 Å². The number of hydrogen-bond donors (Lipinski definition) is 4. The number of aromatic hydroxyl groups is 1. The molecule has 1 aromatic rings. The molecule has 2 fully saturated rings. The van der Waals surface area contributed by atoms with Crippen molar-refractivity contribution >= 4 is 20.2 Å². The Balaban J connectivity index is 0.000000308. The van der Waals surface area contributed by atoms with Gasteiger partial charge in [0.2, 0.25) is 0 Å². The number of aliphatic hydroxyl groups excluding tert-OH is 1. The monoisotopic (exact) mass is 492 g/mol. The van der Waals surface area contributed by atoms with Crippen LogP contribution in [0.3, 0.4) is 0 Å². The summed E-state index contributed by atoms with van der Waals surface area (Å²) in [5, 5.41) is 19.1. The first-order chi connectivity index (χ1) is 14.6. The first-order valence-corrected chi connectivity index (χ1v) is 14.6. The third kappa shape index (κ3) is 7.41. The zero-order chi connectivity index (χ0) is 24.3. The Kier molecular flexibility index (Phi) is 8.77. The van der Waals surface area contributed by atoms with Gasteiger partial charge in [-0.15, -0.1) is 0 Å². The summed E-state index contributed by atoms with van der Waals surface area (Å²) in [6.07, 6.45) is 10.1. The molecule has 5 atom stereocenters. The molecule has 0 radical (unpaired) electrons. The number of phenols is 1. The van der Waals surface area contributed by atoms with Crippen LogP contribution in [0, 0.1) is 23.2 Å². The molecule has 8 nitrogen and oxygen atoms in total. The highest BCUT2D eigenvalue weighted by molar-refractivity contribution is 7.85. The van der Waals surface area contributed by atoms with Crippen molar-refractivity contribution < 1.29 is 36.2 Å². The zero-order valence-corrected chi connectivity index (χ0v) is 20.6. The predicted molar refractivity (Wildman–Crippen MR) is 123 cm³/mol. The Labute approximate surface area is 191 Å². The summed E-state index contributed by atoms with van der Waals surface area (Å²) in [4.78, 5) is 0. The van der Waals surface area contributed by atoms with Crippen LogP contribution in [0.5, 0.6) is 5.75 Å². The fourth-order valence-electron chi connectivity index (χ4n) is 6.31. The summed E-state index contributed by atoms with van der Waals surface area (Å²) in [5.41, 5.74) is 3.36. The highest BCUT2D eigenvalue weighted by atomic mass is 32.2. The first kappa shape index (κ1) is 27.0. The minimum atomic E-state index is -3.67. The van der Waals surface area contributed by atoms with Crippen LogP contribution in [0.15, 0.2) is 18.2 Å². The van der Waals surface area contributed by atoms with Crippen molar-refractivity contribution in [2.75, 3.05) is 19.1 Å². The number of fused-ring (bicyclic) bond motifs is 5. The second-order valence-corrected chi connectivity index (χ2v) is 12.5. The van der Waals surface area contributed by atoms with Gasteiger partial charge >= 0.3 is 0 Å². The van der Waals surface area contributed by atoms with Crippen LogP contribution in [0.4, 0.5) is 0 Å². The van der Waals surface area contributed by atoms with Gasteiger partial charge < -0.3 is 10.2 Å². The van der Waals surface area contributed by atoms with E-state index in [4.69, 9.17) is 9.11 Å². The quantitative estimate of drug-likeness (QED) is 0.460. The molecule has 1 aromatic carbocycles. The topological polar surface area (TPSA) is 149 Å². The van der Waals surface area contributed by atoms with Gasteiger partial charge in [0.05, 0.1) is 12.5 Å². The standard InChI is InChI=1S/C20H28O2.2CH4O3S/c1-20-10-8-17-16-6-4-15(22)12-13(16)2-5-18(17)19(20)7-3-14(20)9-11-21;2*1-5(2,3)4/h4,6,12,14,17-19,21-22H,2-3,5,7-11H2,1H3;2*1H3,(H,2,3,4)/t14-,17-,18-,19+,20-;;/m1../s1. The molecule has 0 bridgehead atoms. The van der Waals surface area contributed by atoms with Crippen LogP contribution < -0.4 is 0 Å². The van der Waals surface area contributed by atoms with Crippen LogP contribution in [0.2, 0.25) is 0 Å². The molecule has 0 spiro atoms. The van der Waals surface area contributed by atoms with Crippen LogP contribution >= 0.6 is 0 Å². The zero-order valence-electron chi connectivity index (χ0n) is 18.9. The van der Waals surface area contributed by atoms with E-state index in [1.54, 1.807) is 0 Å². The molecule has 32 heavy (non-hydrogen) atoms. The summed E-state index contributed by atoms with van der Waals surface area (Å²) in [6, 6.07) is 6.05. The molecular formula is C22H36O8S2. The lowest BCUT2D eigenvalue weighted by Crippen LogP contribution is -2.42. The van der Waals surface area contributed by atoms with Gasteiger partial charge in [-0.2, -0.15) is 16.8 Å². The second-order valence-electron chi connectivity index (χ2n) is 9.60. The van der Waals surface area contributed by atoms with Crippen molar-refractivity contribution in [2.24, 2.45) is 23.2 Å². The van der Waals surface area contributed by atoms with E-state index in [-0.39, 0.29) is 0 Å². The molecule has 0 aliphatic heterocycles. The predicted octanol–water partition coefficient (Wildman–Crippen LogP) is 3.25. The minimum Gasteiger partial charge on any atom is -0.508 e. The maximum atomic E-state index is 9.75. The van der Waals surface area contributed by atoms with E-state index >= 15 is 0 Å². The van der Waals surface area contributed by atoms with Crippen molar-refractivity contribution in [3.05, 3.63) is 29.3 Å². The summed E-state index contributed by atoms with van der Waals surface area (Å²) in [7, 11) is -7.33. The molecule has 0 aromatic heterocycles. The number of hydrogen-bond acceptors (Lipinski definition) is 6. The molecule has 3 aliphatic rings. The fourth-order valence-corrected chi connectivity index (χ4v) is 6.31. The van der Waals surface area contributed by atoms with Gasteiger partial charge in [-0.05, 0) is 97.3 Å². The van der Waals surface area contributed by atoms with E-state index in [1.807, 2.05) is 12.1 Å². The molecule has 184 valence electrons. The smallest absolute Gasteiger partial charge is 0.261 e. The molecule has 4 N–H and O–H groups in total. The van der Waals surface area contributed by atoms with E-state index in [0.717, 1.165) is 30.6 Å². The number of rotatable bonds is 2. The number of benzene rings is 1. The summed E-state index contributed by atoms with van der Waals surface area (Å²) < 4.78 is 51.7. The van der Waals surface area contributed by atoms with Gasteiger partial charge in [0.25, 0.3) is 20.2 Å². The average molecular weight is 493 g/mol. The number of aryl methyl sites for hydroxylation is 1. The van der Waals surface area contributed by atoms with Gasteiger partial charge in [0.1, 0.15) is 5.75 Å². The van der Waals surface area contributed by atoms with E-state index in [0.29, 0.717) is 36.2 Å². The van der Waals surface area contributed by atoms with Crippen LogP contribution in [0.1, 0.15) is 62.5 Å². The maximum Gasteiger partial charge on any atom is 0.261 e. The van der Waals surface area contributed by atoms with Crippen molar-refractivity contribution in [3.8, 4) is 5.75 Å². The molecule has 10 heteroatoms. The van der Waals surface area contributed by atoms with E-state index in [2.05, 4.69) is 13.0 Å². The van der Waals surface area contributed by atoms with Crippen molar-refractivity contribution in [1.82, 2.24) is 0 Å². The Morgan fingerprint density at radius 1 is 1.00 bits per heavy atom. The SMILES string of the molecule is CS(=O)(=O)O.CS(=O)(=O)O.C[C@]12CC[C@@H]3c4ccc(O)cc4CC[C@H]3[C@@H]1CC[C@@H]2CCO. The maximum absolute atomic E-state index is 9.75. The summed E-state index contributed by atoms with van der Waals surface area (Å²) in [5.74, 6) is 3.51.